The third-order valence-corrected chi connectivity index (χ3v) is 8.47. The molecule has 0 radical (unpaired) electrons. The van der Waals surface area contributed by atoms with E-state index >= 15 is 0 Å². The van der Waals surface area contributed by atoms with Gasteiger partial charge in [0, 0.05) is 33.5 Å². The van der Waals surface area contributed by atoms with Crippen LogP contribution in [0, 0.1) is 0 Å². The normalized spacial score (nSPS) is 11.7. The first kappa shape index (κ1) is 31.1. The highest BCUT2D eigenvalue weighted by Gasteiger charge is 2.18. The maximum Gasteiger partial charge on any atom is 0.0536 e. The minimum Gasteiger partial charge on any atom is -0.310 e. The van der Waals surface area contributed by atoms with E-state index in [0.29, 0.717) is 0 Å². The molecule has 0 aliphatic rings. The number of aryl methyl sites for hydroxylation is 1. The topological polar surface area (TPSA) is 6.48 Å². The van der Waals surface area contributed by atoms with E-state index in [1.54, 1.807) is 0 Å². The number of hydrogen-bond donors (Lipinski definition) is 0. The molecule has 0 amide bonds. The summed E-state index contributed by atoms with van der Waals surface area (Å²) in [5.41, 5.74) is 11.4. The third kappa shape index (κ3) is 6.59. The maximum atomic E-state index is 4.29. The van der Waals surface area contributed by atoms with Crippen molar-refractivity contribution in [1.29, 1.82) is 0 Å². The van der Waals surface area contributed by atoms with Crippen molar-refractivity contribution in [1.82, 2.24) is 0 Å². The monoisotopic (exact) mass is 608 g/mol. The zero-order valence-corrected chi connectivity index (χ0v) is 27.2. The molecule has 0 fully saturated rings. The van der Waals surface area contributed by atoms with Crippen molar-refractivity contribution in [3.05, 3.63) is 192 Å². The van der Waals surface area contributed by atoms with E-state index in [-0.39, 0.29) is 0 Å². The van der Waals surface area contributed by atoms with Gasteiger partial charge >= 0.3 is 0 Å². The van der Waals surface area contributed by atoms with Gasteiger partial charge in [0.2, 0.25) is 0 Å². The molecule has 0 unspecified atom stereocenters. The van der Waals surface area contributed by atoms with Crippen LogP contribution in [-0.4, -0.2) is 0 Å². The SMILES string of the molecule is C=C/C(=c1/ccccc1=C)N(c1ccccc1)c1ccc(-c2ccc(N(c3ccccc3)c3cccc(CC)c3/C=C\C)cc2)cc1. The number of anilines is 5. The standard InChI is InChI=1S/C45H40N2/c1-5-17-43-35(6-2)19-16-25-45(43)47(39-22-12-9-13-23-39)41-32-28-37(29-33-41)36-26-30-40(31-27-36)46(38-20-10-8-11-21-38)44(7-3)42-24-15-14-18-34(42)4/h5,7-33H,3-4,6H2,1-2H3/b17-5-,44-42+. The van der Waals surface area contributed by atoms with Crippen molar-refractivity contribution >= 4 is 46.8 Å². The van der Waals surface area contributed by atoms with Crippen molar-refractivity contribution in [3.8, 4) is 11.1 Å². The quantitative estimate of drug-likeness (QED) is 0.153. The zero-order valence-electron chi connectivity index (χ0n) is 27.2. The van der Waals surface area contributed by atoms with E-state index in [9.17, 15) is 0 Å². The van der Waals surface area contributed by atoms with Crippen LogP contribution in [0.5, 0.6) is 0 Å². The van der Waals surface area contributed by atoms with Crippen LogP contribution in [0.25, 0.3) is 29.5 Å². The Kier molecular flexibility index (Phi) is 9.60. The summed E-state index contributed by atoms with van der Waals surface area (Å²) in [6, 6.07) is 53.5. The van der Waals surface area contributed by atoms with Gasteiger partial charge in [-0.25, -0.2) is 0 Å². The van der Waals surface area contributed by atoms with E-state index in [4.69, 9.17) is 0 Å². The summed E-state index contributed by atoms with van der Waals surface area (Å²) in [6.45, 7) is 12.8. The van der Waals surface area contributed by atoms with Crippen LogP contribution in [0.15, 0.2) is 170 Å². The number of allylic oxidation sites excluding steroid dienone is 1. The van der Waals surface area contributed by atoms with Gasteiger partial charge in [-0.15, -0.1) is 0 Å². The molecule has 0 bridgehead atoms. The average Bonchev–Trinajstić information content (AvgIpc) is 3.13. The first-order valence-electron chi connectivity index (χ1n) is 16.2. The van der Waals surface area contributed by atoms with Crippen molar-refractivity contribution in [2.45, 2.75) is 20.3 Å². The largest absolute Gasteiger partial charge is 0.310 e. The van der Waals surface area contributed by atoms with Gasteiger partial charge in [0.05, 0.1) is 11.4 Å². The fourth-order valence-electron chi connectivity index (χ4n) is 6.17. The summed E-state index contributed by atoms with van der Waals surface area (Å²) < 4.78 is 0. The van der Waals surface area contributed by atoms with E-state index in [1.807, 2.05) is 30.3 Å². The lowest BCUT2D eigenvalue weighted by Gasteiger charge is -2.28. The highest BCUT2D eigenvalue weighted by atomic mass is 15.2. The number of rotatable bonds is 10. The van der Waals surface area contributed by atoms with Gasteiger partial charge < -0.3 is 9.80 Å². The summed E-state index contributed by atoms with van der Waals surface area (Å²) in [4.78, 5) is 4.60. The summed E-state index contributed by atoms with van der Waals surface area (Å²) in [7, 11) is 0. The van der Waals surface area contributed by atoms with Crippen LogP contribution in [0.1, 0.15) is 25.0 Å². The lowest BCUT2D eigenvalue weighted by Crippen LogP contribution is -2.31. The predicted molar refractivity (Wildman–Crippen MR) is 204 cm³/mol. The Morgan fingerprint density at radius 1 is 0.596 bits per heavy atom. The smallest absolute Gasteiger partial charge is 0.0536 e. The molecular formula is C45H40N2. The highest BCUT2D eigenvalue weighted by Crippen LogP contribution is 2.39. The summed E-state index contributed by atoms with van der Waals surface area (Å²) in [6.07, 6.45) is 7.24. The van der Waals surface area contributed by atoms with Gasteiger partial charge in [-0.3, -0.25) is 0 Å². The first-order valence-corrected chi connectivity index (χ1v) is 16.2. The highest BCUT2D eigenvalue weighted by molar-refractivity contribution is 5.86. The molecule has 0 heterocycles. The fourth-order valence-corrected chi connectivity index (χ4v) is 6.17. The van der Waals surface area contributed by atoms with E-state index in [2.05, 4.69) is 176 Å². The van der Waals surface area contributed by atoms with Crippen LogP contribution in [0.4, 0.5) is 28.4 Å². The van der Waals surface area contributed by atoms with Crippen molar-refractivity contribution in [2.75, 3.05) is 9.80 Å². The van der Waals surface area contributed by atoms with Crippen LogP contribution in [0.3, 0.4) is 0 Å². The molecule has 0 saturated carbocycles. The van der Waals surface area contributed by atoms with Gasteiger partial charge in [0.1, 0.15) is 0 Å². The molecule has 0 aliphatic heterocycles. The molecule has 2 nitrogen and oxygen atoms in total. The number of benzene rings is 6. The zero-order chi connectivity index (χ0) is 32.6. The van der Waals surface area contributed by atoms with E-state index in [1.165, 1.54) is 16.8 Å². The van der Waals surface area contributed by atoms with Crippen LogP contribution >= 0.6 is 0 Å². The molecule has 47 heavy (non-hydrogen) atoms. The van der Waals surface area contributed by atoms with E-state index < -0.39 is 0 Å². The van der Waals surface area contributed by atoms with Crippen LogP contribution in [-0.2, 0) is 6.42 Å². The molecule has 0 atom stereocenters. The third-order valence-electron chi connectivity index (χ3n) is 8.47. The Morgan fingerprint density at radius 2 is 1.13 bits per heavy atom. The molecular weight excluding hydrogens is 569 g/mol. The molecule has 0 spiro atoms. The van der Waals surface area contributed by atoms with Gasteiger partial charge in [-0.2, -0.15) is 0 Å². The fraction of sp³-hybridized carbons (Fsp3) is 0.0667. The molecule has 0 aromatic heterocycles. The molecule has 6 rings (SSSR count). The van der Waals surface area contributed by atoms with Crippen molar-refractivity contribution < 1.29 is 0 Å². The van der Waals surface area contributed by atoms with Crippen LogP contribution in [0.2, 0.25) is 0 Å². The van der Waals surface area contributed by atoms with Crippen molar-refractivity contribution in [2.24, 2.45) is 0 Å². The Labute approximate surface area is 279 Å². The Hall–Kier alpha value is -5.86. The van der Waals surface area contributed by atoms with Gasteiger partial charge in [-0.1, -0.05) is 129 Å². The number of nitrogens with zero attached hydrogens (tertiary/aromatic N) is 2. The molecule has 2 heteroatoms. The minimum atomic E-state index is 0.962. The second-order valence-corrected chi connectivity index (χ2v) is 11.4. The lowest BCUT2D eigenvalue weighted by molar-refractivity contribution is 1.12. The molecule has 6 aromatic carbocycles. The molecule has 0 saturated heterocycles. The van der Waals surface area contributed by atoms with Gasteiger partial charge in [0.25, 0.3) is 0 Å². The molecule has 0 N–H and O–H groups in total. The summed E-state index contributed by atoms with van der Waals surface area (Å²) >= 11 is 0. The summed E-state index contributed by atoms with van der Waals surface area (Å²) in [5, 5.41) is 2.01. The number of para-hydroxylation sites is 2. The minimum absolute atomic E-state index is 0.962. The predicted octanol–water partition coefficient (Wildman–Crippen LogP) is 11.0. The van der Waals surface area contributed by atoms with E-state index in [0.717, 1.165) is 56.4 Å². The van der Waals surface area contributed by atoms with Gasteiger partial charge in [0.15, 0.2) is 0 Å². The summed E-state index contributed by atoms with van der Waals surface area (Å²) in [5.74, 6) is 0. The van der Waals surface area contributed by atoms with Gasteiger partial charge in [-0.05, 0) is 95.9 Å². The second-order valence-electron chi connectivity index (χ2n) is 11.4. The lowest BCUT2D eigenvalue weighted by atomic mass is 10.00. The molecule has 230 valence electrons. The first-order chi connectivity index (χ1) is 23.1. The second kappa shape index (κ2) is 14.5. The molecule has 0 aliphatic carbocycles. The Bertz CT molecular complexity index is 2090. The molecule has 6 aromatic rings. The maximum absolute atomic E-state index is 4.29. The Balaban J connectivity index is 1.39. The van der Waals surface area contributed by atoms with Crippen LogP contribution < -0.4 is 20.2 Å². The number of hydrogen-bond acceptors (Lipinski definition) is 2. The Morgan fingerprint density at radius 3 is 1.70 bits per heavy atom. The van der Waals surface area contributed by atoms with Crippen molar-refractivity contribution in [3.63, 3.8) is 0 Å². The average molecular weight is 609 g/mol.